The Morgan fingerprint density at radius 2 is 1.75 bits per heavy atom. The number of hydrogen-bond donors (Lipinski definition) is 1. The zero-order valence-electron chi connectivity index (χ0n) is 17.7. The van der Waals surface area contributed by atoms with Crippen molar-refractivity contribution in [3.63, 3.8) is 0 Å². The number of thioether (sulfide) groups is 1. The Bertz CT molecular complexity index is 1080. The van der Waals surface area contributed by atoms with Gasteiger partial charge in [-0.3, -0.25) is 19.7 Å². The molecule has 3 aliphatic rings. The molecule has 3 heterocycles. The summed E-state index contributed by atoms with van der Waals surface area (Å²) in [6.45, 7) is 0.497. The van der Waals surface area contributed by atoms with Crippen LogP contribution in [-0.2, 0) is 19.9 Å². The number of carbonyl (C=O) groups excluding carboxylic acids is 3. The summed E-state index contributed by atoms with van der Waals surface area (Å²) in [7, 11) is 0. The molecule has 2 fully saturated rings. The van der Waals surface area contributed by atoms with Crippen molar-refractivity contribution in [2.24, 2.45) is 11.8 Å². The van der Waals surface area contributed by atoms with E-state index in [4.69, 9.17) is 0 Å². The minimum absolute atomic E-state index is 0.143. The molecule has 4 atom stereocenters. The van der Waals surface area contributed by atoms with E-state index >= 15 is 0 Å². The Morgan fingerprint density at radius 1 is 1.03 bits per heavy atom. The highest BCUT2D eigenvalue weighted by atomic mass is 79.9. The summed E-state index contributed by atoms with van der Waals surface area (Å²) in [5, 5.41) is 4.16. The van der Waals surface area contributed by atoms with Crippen molar-refractivity contribution in [3.05, 3.63) is 60.2 Å². The number of carbonyl (C=O) groups is 3. The zero-order valence-corrected chi connectivity index (χ0v) is 20.1. The van der Waals surface area contributed by atoms with E-state index in [0.29, 0.717) is 24.0 Å². The van der Waals surface area contributed by atoms with Crippen LogP contribution in [0.25, 0.3) is 0 Å². The van der Waals surface area contributed by atoms with E-state index in [0.717, 1.165) is 17.0 Å². The van der Waals surface area contributed by atoms with Crippen LogP contribution in [0, 0.1) is 11.8 Å². The van der Waals surface area contributed by atoms with Crippen LogP contribution < -0.4 is 15.1 Å². The van der Waals surface area contributed by atoms with E-state index in [-0.39, 0.29) is 23.8 Å². The third-order valence-electron chi connectivity index (χ3n) is 6.82. The average molecular weight is 514 g/mol. The third kappa shape index (κ3) is 2.92. The number of nitrogens with one attached hydrogen (secondary N) is 1. The number of para-hydroxylation sites is 2. The van der Waals surface area contributed by atoms with Gasteiger partial charge in [-0.2, -0.15) is 11.8 Å². The van der Waals surface area contributed by atoms with E-state index in [1.807, 2.05) is 48.7 Å². The number of amides is 3. The number of alkyl halides is 1. The van der Waals surface area contributed by atoms with Crippen molar-refractivity contribution in [1.29, 1.82) is 0 Å². The maximum absolute atomic E-state index is 14.0. The molecule has 0 aromatic heterocycles. The molecular weight excluding hydrogens is 490 g/mol. The maximum Gasteiger partial charge on any atom is 0.252 e. The molecule has 0 unspecified atom stereocenters. The van der Waals surface area contributed by atoms with Crippen molar-refractivity contribution < 1.29 is 14.4 Å². The number of anilines is 2. The highest BCUT2D eigenvalue weighted by molar-refractivity contribution is 9.09. The monoisotopic (exact) mass is 513 g/mol. The number of nitrogens with zero attached hydrogens (tertiary/aromatic N) is 2. The van der Waals surface area contributed by atoms with Crippen LogP contribution >= 0.6 is 27.7 Å². The standard InChI is InChI=1S/C24H24BrN3O3S/c1-32-14-11-17-19-20(22(30)28(21(19)29)15-7-3-2-4-8-15)24(26-17)16-9-5-6-10-18(16)27(13-12-25)23(24)31/h2-10,17,19-20,26H,11-14H2,1H3/t17-,19+,20+,24-/m0/s1. The second kappa shape index (κ2) is 8.32. The lowest BCUT2D eigenvalue weighted by atomic mass is 9.76. The lowest BCUT2D eigenvalue weighted by Gasteiger charge is -2.30. The molecule has 0 bridgehead atoms. The fraction of sp³-hybridized carbons (Fsp3) is 0.375. The first kappa shape index (κ1) is 21.7. The largest absolute Gasteiger partial charge is 0.309 e. The Hall–Kier alpha value is -2.16. The topological polar surface area (TPSA) is 69.7 Å². The Kier molecular flexibility index (Phi) is 5.63. The molecule has 2 aromatic rings. The molecule has 0 radical (unpaired) electrons. The first-order chi connectivity index (χ1) is 15.6. The van der Waals surface area contributed by atoms with E-state index in [1.165, 1.54) is 4.90 Å². The Labute approximate surface area is 199 Å². The van der Waals surface area contributed by atoms with Crippen LogP contribution in [0.5, 0.6) is 0 Å². The predicted octanol–water partition coefficient (Wildman–Crippen LogP) is 3.15. The van der Waals surface area contributed by atoms with Crippen LogP contribution in [0.15, 0.2) is 54.6 Å². The van der Waals surface area contributed by atoms with Gasteiger partial charge in [0.05, 0.1) is 17.5 Å². The molecule has 1 spiro atoms. The van der Waals surface area contributed by atoms with Crippen LogP contribution in [0.3, 0.4) is 0 Å². The molecule has 3 aliphatic heterocycles. The maximum atomic E-state index is 14.0. The van der Waals surface area contributed by atoms with Crippen LogP contribution in [0.2, 0.25) is 0 Å². The van der Waals surface area contributed by atoms with Gasteiger partial charge in [0.15, 0.2) is 0 Å². The highest BCUT2D eigenvalue weighted by Gasteiger charge is 2.71. The molecular formula is C24H24BrN3O3S. The third-order valence-corrected chi connectivity index (χ3v) is 7.82. The second-order valence-corrected chi connectivity index (χ2v) is 10.1. The number of hydrogen-bond acceptors (Lipinski definition) is 5. The van der Waals surface area contributed by atoms with Crippen molar-refractivity contribution >= 4 is 56.8 Å². The summed E-state index contributed by atoms with van der Waals surface area (Å²) >= 11 is 5.15. The molecule has 32 heavy (non-hydrogen) atoms. The molecule has 3 amide bonds. The number of imide groups is 1. The highest BCUT2D eigenvalue weighted by Crippen LogP contribution is 2.55. The van der Waals surface area contributed by atoms with Crippen LogP contribution in [0.4, 0.5) is 11.4 Å². The minimum Gasteiger partial charge on any atom is -0.309 e. The predicted molar refractivity (Wildman–Crippen MR) is 130 cm³/mol. The van der Waals surface area contributed by atoms with Gasteiger partial charge in [0.1, 0.15) is 5.54 Å². The van der Waals surface area contributed by atoms with Gasteiger partial charge < -0.3 is 4.90 Å². The smallest absolute Gasteiger partial charge is 0.252 e. The second-order valence-electron chi connectivity index (χ2n) is 8.35. The van der Waals surface area contributed by atoms with Gasteiger partial charge in [-0.25, -0.2) is 4.90 Å². The molecule has 6 nitrogen and oxygen atoms in total. The average Bonchev–Trinajstić information content (AvgIpc) is 3.38. The zero-order chi connectivity index (χ0) is 22.5. The molecule has 2 saturated heterocycles. The molecule has 8 heteroatoms. The summed E-state index contributed by atoms with van der Waals surface area (Å²) in [4.78, 5) is 44.6. The van der Waals surface area contributed by atoms with Gasteiger partial charge in [0.2, 0.25) is 11.8 Å². The molecule has 0 aliphatic carbocycles. The van der Waals surface area contributed by atoms with Crippen LogP contribution in [-0.4, -0.2) is 47.6 Å². The Morgan fingerprint density at radius 3 is 2.47 bits per heavy atom. The summed E-state index contributed by atoms with van der Waals surface area (Å²) in [5.74, 6) is -1.16. The fourth-order valence-electron chi connectivity index (χ4n) is 5.58. The van der Waals surface area contributed by atoms with Gasteiger partial charge in [-0.1, -0.05) is 52.3 Å². The molecule has 5 rings (SSSR count). The van der Waals surface area contributed by atoms with Gasteiger partial charge in [0, 0.05) is 29.2 Å². The van der Waals surface area contributed by atoms with Gasteiger partial charge in [0.25, 0.3) is 5.91 Å². The lowest BCUT2D eigenvalue weighted by Crippen LogP contribution is -2.55. The summed E-state index contributed by atoms with van der Waals surface area (Å²) in [6.07, 6.45) is 2.73. The lowest BCUT2D eigenvalue weighted by molar-refractivity contribution is -0.132. The Balaban J connectivity index is 1.67. The van der Waals surface area contributed by atoms with Crippen molar-refractivity contribution in [2.75, 3.05) is 33.7 Å². The quantitative estimate of drug-likeness (QED) is 0.474. The summed E-state index contributed by atoms with van der Waals surface area (Å²) < 4.78 is 0. The summed E-state index contributed by atoms with van der Waals surface area (Å²) in [6, 6.07) is 16.4. The molecule has 0 saturated carbocycles. The number of halogens is 1. The molecule has 1 N–H and O–H groups in total. The van der Waals surface area contributed by atoms with E-state index in [9.17, 15) is 14.4 Å². The minimum atomic E-state index is -1.22. The number of benzene rings is 2. The van der Waals surface area contributed by atoms with Gasteiger partial charge in [-0.15, -0.1) is 0 Å². The normalized spacial score (nSPS) is 28.7. The van der Waals surface area contributed by atoms with Crippen molar-refractivity contribution in [1.82, 2.24) is 5.32 Å². The van der Waals surface area contributed by atoms with E-state index in [2.05, 4.69) is 21.2 Å². The van der Waals surface area contributed by atoms with Gasteiger partial charge >= 0.3 is 0 Å². The molecule has 2 aromatic carbocycles. The van der Waals surface area contributed by atoms with Crippen LogP contribution in [0.1, 0.15) is 12.0 Å². The number of fused-ring (bicyclic) bond motifs is 4. The van der Waals surface area contributed by atoms with E-state index in [1.54, 1.807) is 28.8 Å². The van der Waals surface area contributed by atoms with Gasteiger partial charge in [-0.05, 0) is 36.6 Å². The van der Waals surface area contributed by atoms with Crippen molar-refractivity contribution in [2.45, 2.75) is 18.0 Å². The first-order valence-corrected chi connectivity index (χ1v) is 13.2. The number of rotatable bonds is 6. The fourth-order valence-corrected chi connectivity index (χ4v) is 6.42. The summed E-state index contributed by atoms with van der Waals surface area (Å²) in [5.41, 5.74) is 0.950. The first-order valence-electron chi connectivity index (χ1n) is 10.7. The van der Waals surface area contributed by atoms with Crippen molar-refractivity contribution in [3.8, 4) is 0 Å². The van der Waals surface area contributed by atoms with E-state index < -0.39 is 17.4 Å². The SMILES string of the molecule is CSCC[C@@H]1N[C@]2(C(=O)N(CCBr)c3ccccc32)[C@H]2C(=O)N(c3ccccc3)C(=O)[C@H]12. The molecule has 166 valence electrons.